The third kappa shape index (κ3) is 7.09. The first-order valence-electron chi connectivity index (χ1n) is 11.2. The highest BCUT2D eigenvalue weighted by molar-refractivity contribution is 6.76. The fourth-order valence-corrected chi connectivity index (χ4v) is 3.84. The van der Waals surface area contributed by atoms with E-state index < -0.39 is 14.2 Å². The molecule has 1 amide bonds. The highest BCUT2D eigenvalue weighted by atomic mass is 28.3. The number of ether oxygens (including phenoxy) is 3. The molecule has 3 aromatic rings. The van der Waals surface area contributed by atoms with E-state index in [0.717, 1.165) is 29.2 Å². The first-order chi connectivity index (χ1) is 16.3. The third-order valence-electron chi connectivity index (χ3n) is 4.95. The lowest BCUT2D eigenvalue weighted by atomic mass is 10.0. The first-order valence-corrected chi connectivity index (χ1v) is 14.9. The van der Waals surface area contributed by atoms with Crippen LogP contribution in [0.15, 0.2) is 36.7 Å². The third-order valence-corrected chi connectivity index (χ3v) is 6.65. The summed E-state index contributed by atoms with van der Waals surface area (Å²) >= 11 is 0. The van der Waals surface area contributed by atoms with E-state index in [1.165, 1.54) is 0 Å². The zero-order valence-electron chi connectivity index (χ0n) is 20.4. The minimum absolute atomic E-state index is 0.260. The molecule has 0 aliphatic rings. The summed E-state index contributed by atoms with van der Waals surface area (Å²) in [4.78, 5) is 16.3. The average Bonchev–Trinajstić information content (AvgIpc) is 3.28. The van der Waals surface area contributed by atoms with Gasteiger partial charge in [-0.3, -0.25) is 4.98 Å². The van der Waals surface area contributed by atoms with Gasteiger partial charge in [0.1, 0.15) is 18.2 Å². The van der Waals surface area contributed by atoms with Crippen molar-refractivity contribution in [3.05, 3.63) is 36.7 Å². The minimum Gasteiger partial charge on any atom is -0.496 e. The van der Waals surface area contributed by atoms with Gasteiger partial charge >= 0.3 is 6.09 Å². The Morgan fingerprint density at radius 1 is 1.15 bits per heavy atom. The van der Waals surface area contributed by atoms with Crippen LogP contribution in [0, 0.1) is 0 Å². The summed E-state index contributed by atoms with van der Waals surface area (Å²) in [5, 5.41) is 14.7. The number of methoxy groups -OCH3 is 1. The molecule has 0 aliphatic heterocycles. The predicted molar refractivity (Wildman–Crippen MR) is 131 cm³/mol. The van der Waals surface area contributed by atoms with E-state index in [-0.39, 0.29) is 6.73 Å². The van der Waals surface area contributed by atoms with Crippen molar-refractivity contribution in [3.8, 4) is 34.0 Å². The SMILES string of the molecule is CCCNC(=O)Oc1ccc(OC)c(-c2cncc(-c3nnnn3COCC[Si](C)(C)C)c2)c1. The number of amides is 1. The van der Waals surface area contributed by atoms with E-state index >= 15 is 0 Å². The van der Waals surface area contributed by atoms with Crippen LogP contribution >= 0.6 is 0 Å². The molecule has 0 unspecified atom stereocenters. The lowest BCUT2D eigenvalue weighted by molar-refractivity contribution is 0.0784. The van der Waals surface area contributed by atoms with Crippen LogP contribution in [0.5, 0.6) is 11.5 Å². The van der Waals surface area contributed by atoms with Gasteiger partial charge in [0.05, 0.1) is 7.11 Å². The standard InChI is InChI=1S/C23H32N6O4Si/c1-6-9-25-23(30)33-19-7-8-21(31-2)20(13-19)17-12-18(15-24-14-17)22-26-27-28-29(22)16-32-10-11-34(3,4)5/h7-8,12-15H,6,9-11,16H2,1-5H3,(H,25,30). The monoisotopic (exact) mass is 484 g/mol. The van der Waals surface area contributed by atoms with Gasteiger partial charge in [-0.1, -0.05) is 26.6 Å². The van der Waals surface area contributed by atoms with Gasteiger partial charge in [-0.2, -0.15) is 4.68 Å². The summed E-state index contributed by atoms with van der Waals surface area (Å²) in [5.41, 5.74) is 2.22. The summed E-state index contributed by atoms with van der Waals surface area (Å²) in [6, 6.07) is 8.16. The maximum absolute atomic E-state index is 12.0. The number of nitrogens with one attached hydrogen (secondary N) is 1. The van der Waals surface area contributed by atoms with Crippen LogP contribution in [0.25, 0.3) is 22.5 Å². The fourth-order valence-electron chi connectivity index (χ4n) is 3.08. The van der Waals surface area contributed by atoms with Crippen molar-refractivity contribution in [3.63, 3.8) is 0 Å². The summed E-state index contributed by atoms with van der Waals surface area (Å²) in [7, 11) is 0.410. The summed E-state index contributed by atoms with van der Waals surface area (Å²) in [6.07, 6.45) is 3.72. The molecule has 1 N–H and O–H groups in total. The quantitative estimate of drug-likeness (QED) is 0.318. The van der Waals surface area contributed by atoms with E-state index in [1.54, 1.807) is 42.4 Å². The smallest absolute Gasteiger partial charge is 0.412 e. The lowest BCUT2D eigenvalue weighted by Gasteiger charge is -2.15. The Kier molecular flexibility index (Phi) is 8.71. The Balaban J connectivity index is 1.81. The molecule has 0 saturated carbocycles. The van der Waals surface area contributed by atoms with Crippen molar-refractivity contribution in [2.45, 2.75) is 45.8 Å². The molecule has 2 heterocycles. The number of hydrogen-bond acceptors (Lipinski definition) is 8. The van der Waals surface area contributed by atoms with E-state index in [0.29, 0.717) is 30.5 Å². The topological polar surface area (TPSA) is 113 Å². The Morgan fingerprint density at radius 2 is 1.94 bits per heavy atom. The number of pyridine rings is 1. The molecule has 0 spiro atoms. The van der Waals surface area contributed by atoms with Gasteiger partial charge in [0.25, 0.3) is 0 Å². The van der Waals surface area contributed by atoms with Crippen molar-refractivity contribution in [2.75, 3.05) is 20.3 Å². The van der Waals surface area contributed by atoms with Crippen LogP contribution in [0.4, 0.5) is 4.79 Å². The Hall–Kier alpha value is -3.31. The molecule has 3 rings (SSSR count). The normalized spacial score (nSPS) is 11.3. The molecule has 34 heavy (non-hydrogen) atoms. The van der Waals surface area contributed by atoms with Crippen LogP contribution < -0.4 is 14.8 Å². The molecule has 1 aromatic carbocycles. The number of carbonyl (C=O) groups excluding carboxylic acids is 1. The first kappa shape index (κ1) is 25.3. The largest absolute Gasteiger partial charge is 0.496 e. The van der Waals surface area contributed by atoms with Gasteiger partial charge in [0.2, 0.25) is 0 Å². The van der Waals surface area contributed by atoms with Gasteiger partial charge in [0, 0.05) is 50.3 Å². The molecular formula is C23H32N6O4Si. The molecule has 0 aliphatic carbocycles. The number of benzene rings is 1. The Bertz CT molecular complexity index is 1100. The van der Waals surface area contributed by atoms with E-state index in [9.17, 15) is 4.79 Å². The maximum atomic E-state index is 12.0. The Labute approximate surface area is 200 Å². The molecule has 0 radical (unpaired) electrons. The molecule has 11 heteroatoms. The van der Waals surface area contributed by atoms with Crippen molar-refractivity contribution in [1.29, 1.82) is 0 Å². The molecule has 0 fully saturated rings. The van der Waals surface area contributed by atoms with Crippen LogP contribution in [0.1, 0.15) is 13.3 Å². The zero-order chi connectivity index (χ0) is 24.6. The zero-order valence-corrected chi connectivity index (χ0v) is 21.4. The molecule has 2 aromatic heterocycles. The number of rotatable bonds is 11. The van der Waals surface area contributed by atoms with E-state index in [2.05, 4.69) is 45.5 Å². The molecule has 0 saturated heterocycles. The second-order valence-electron chi connectivity index (χ2n) is 8.99. The predicted octanol–water partition coefficient (Wildman–Crippen LogP) is 4.22. The van der Waals surface area contributed by atoms with Gasteiger partial charge in [-0.05, 0) is 47.2 Å². The van der Waals surface area contributed by atoms with E-state index in [1.807, 2.05) is 13.0 Å². The summed E-state index contributed by atoms with van der Waals surface area (Å²) in [6.45, 7) is 10.4. The van der Waals surface area contributed by atoms with Crippen molar-refractivity contribution < 1.29 is 19.0 Å². The summed E-state index contributed by atoms with van der Waals surface area (Å²) < 4.78 is 18.3. The van der Waals surface area contributed by atoms with Crippen LogP contribution in [-0.4, -0.2) is 59.6 Å². The highest BCUT2D eigenvalue weighted by Gasteiger charge is 2.16. The number of aromatic nitrogens is 5. The van der Waals surface area contributed by atoms with Gasteiger partial charge < -0.3 is 19.5 Å². The van der Waals surface area contributed by atoms with E-state index in [4.69, 9.17) is 14.2 Å². The molecule has 10 nitrogen and oxygen atoms in total. The minimum atomic E-state index is -1.18. The Morgan fingerprint density at radius 3 is 2.68 bits per heavy atom. The molecule has 0 bridgehead atoms. The number of nitrogens with zero attached hydrogens (tertiary/aromatic N) is 5. The highest BCUT2D eigenvalue weighted by Crippen LogP contribution is 2.34. The van der Waals surface area contributed by atoms with Crippen LogP contribution in [0.3, 0.4) is 0 Å². The number of hydrogen-bond donors (Lipinski definition) is 1. The molecule has 0 atom stereocenters. The second kappa shape index (κ2) is 11.7. The van der Waals surface area contributed by atoms with Crippen molar-refractivity contribution in [1.82, 2.24) is 30.5 Å². The van der Waals surface area contributed by atoms with Crippen molar-refractivity contribution >= 4 is 14.2 Å². The van der Waals surface area contributed by atoms with Crippen molar-refractivity contribution in [2.24, 2.45) is 0 Å². The van der Waals surface area contributed by atoms with Gasteiger partial charge in [0.15, 0.2) is 5.82 Å². The maximum Gasteiger partial charge on any atom is 0.412 e. The van der Waals surface area contributed by atoms with Crippen LogP contribution in [0.2, 0.25) is 25.7 Å². The number of carbonyl (C=O) groups is 1. The lowest BCUT2D eigenvalue weighted by Crippen LogP contribution is -2.27. The second-order valence-corrected chi connectivity index (χ2v) is 14.6. The average molecular weight is 485 g/mol. The van der Waals surface area contributed by atoms with Gasteiger partial charge in [-0.25, -0.2) is 4.79 Å². The fraction of sp³-hybridized carbons (Fsp3) is 0.435. The van der Waals surface area contributed by atoms with Gasteiger partial charge in [-0.15, -0.1) is 5.10 Å². The molecular weight excluding hydrogens is 452 g/mol. The van der Waals surface area contributed by atoms with Crippen LogP contribution in [-0.2, 0) is 11.5 Å². The molecule has 182 valence electrons. The number of tetrazole rings is 1. The summed E-state index contributed by atoms with van der Waals surface area (Å²) in [5.74, 6) is 1.57.